The van der Waals surface area contributed by atoms with Crippen LogP contribution in [0.3, 0.4) is 0 Å². The van der Waals surface area contributed by atoms with E-state index in [2.05, 4.69) is 58.6 Å². The van der Waals surface area contributed by atoms with Crippen LogP contribution in [0.4, 0.5) is 10.9 Å². The van der Waals surface area contributed by atoms with Gasteiger partial charge in [-0.25, -0.2) is 4.98 Å². The van der Waals surface area contributed by atoms with Gasteiger partial charge in [0, 0.05) is 57.4 Å². The molecule has 0 bridgehead atoms. The Morgan fingerprint density at radius 1 is 1.13 bits per heavy atom. The average molecular weight is 561 g/mol. The number of nitrogens with two attached hydrogens (primary N) is 1. The molecular weight excluding hydrogens is 525 g/mol. The van der Waals surface area contributed by atoms with Gasteiger partial charge in [-0.2, -0.15) is 0 Å². The number of fused-ring (bicyclic) bond motifs is 1. The first-order chi connectivity index (χ1) is 18.7. The van der Waals surface area contributed by atoms with Gasteiger partial charge in [-0.1, -0.05) is 50.9 Å². The number of aromatic nitrogens is 5. The zero-order valence-corrected chi connectivity index (χ0v) is 25.2. The number of hydrogen-bond acceptors (Lipinski definition) is 10. The molecule has 0 amide bonds. The molecule has 0 spiro atoms. The standard InChI is InChI=1S/C28H36N8OSSi/c1-19(2)27-34-35-28(38-27)36(18-37-13-14-39(4,5)6)25-11-10-22-24(33-25)15-20(16-32-22)21(17-30-3)26(29)23-9-7-8-12-31-23/h7-12,15-17,19H,13-14,18,29H2,1-6H3. The summed E-state index contributed by atoms with van der Waals surface area (Å²) in [6.45, 7) is 12.3. The van der Waals surface area contributed by atoms with E-state index >= 15 is 0 Å². The molecule has 0 fully saturated rings. The number of rotatable bonds is 11. The molecule has 0 radical (unpaired) electrons. The Bertz CT molecular complexity index is 1460. The molecule has 0 aromatic carbocycles. The maximum atomic E-state index is 6.52. The molecule has 4 rings (SSSR count). The van der Waals surface area contributed by atoms with Gasteiger partial charge >= 0.3 is 0 Å². The molecule has 4 heterocycles. The Labute approximate surface area is 234 Å². The summed E-state index contributed by atoms with van der Waals surface area (Å²) in [5, 5.41) is 10.6. The highest BCUT2D eigenvalue weighted by molar-refractivity contribution is 7.15. The number of aliphatic imine (C=N–C) groups is 1. The molecule has 0 atom stereocenters. The van der Waals surface area contributed by atoms with Crippen LogP contribution in [0, 0.1) is 0 Å². The predicted octanol–water partition coefficient (Wildman–Crippen LogP) is 5.98. The van der Waals surface area contributed by atoms with Crippen LogP contribution >= 0.6 is 11.3 Å². The molecule has 0 aliphatic heterocycles. The molecule has 11 heteroatoms. The number of allylic oxidation sites excluding steroid dienone is 1. The number of nitrogens with zero attached hydrogens (tertiary/aromatic N) is 7. The number of ether oxygens (including phenoxy) is 1. The van der Waals surface area contributed by atoms with E-state index in [-0.39, 0.29) is 5.92 Å². The van der Waals surface area contributed by atoms with Gasteiger partial charge in [-0.05, 0) is 36.4 Å². The van der Waals surface area contributed by atoms with Gasteiger partial charge in [-0.15, -0.1) is 10.2 Å². The van der Waals surface area contributed by atoms with Gasteiger partial charge in [-0.3, -0.25) is 19.9 Å². The molecule has 0 aliphatic carbocycles. The van der Waals surface area contributed by atoms with Gasteiger partial charge in [0.1, 0.15) is 17.6 Å². The minimum Gasteiger partial charge on any atom is -0.396 e. The topological polar surface area (TPSA) is 115 Å². The van der Waals surface area contributed by atoms with E-state index < -0.39 is 8.07 Å². The van der Waals surface area contributed by atoms with Crippen LogP contribution in [-0.2, 0) is 4.74 Å². The SMILES string of the molecule is CN=CC(=C(N)c1ccccn1)c1cnc2ccc(N(COCC[Si](C)(C)C)c3nnc(C(C)C)s3)nc2c1. The van der Waals surface area contributed by atoms with Crippen molar-refractivity contribution in [2.75, 3.05) is 25.3 Å². The molecular formula is C28H36N8OSSi. The van der Waals surface area contributed by atoms with Crippen LogP contribution in [0.2, 0.25) is 25.7 Å². The van der Waals surface area contributed by atoms with Crippen molar-refractivity contribution in [3.05, 3.63) is 65.1 Å². The molecule has 0 saturated carbocycles. The number of anilines is 2. The second kappa shape index (κ2) is 12.5. The molecule has 4 aromatic rings. The molecule has 4 aromatic heterocycles. The third-order valence-electron chi connectivity index (χ3n) is 5.97. The van der Waals surface area contributed by atoms with Crippen molar-refractivity contribution in [2.45, 2.75) is 45.5 Å². The zero-order chi connectivity index (χ0) is 28.0. The van der Waals surface area contributed by atoms with Crippen LogP contribution in [-0.4, -0.2) is 59.8 Å². The smallest absolute Gasteiger partial charge is 0.215 e. The normalized spacial score (nSPS) is 12.9. The monoisotopic (exact) mass is 560 g/mol. The average Bonchev–Trinajstić information content (AvgIpc) is 3.41. The molecule has 0 unspecified atom stereocenters. The fourth-order valence-corrected chi connectivity index (χ4v) is 5.30. The van der Waals surface area contributed by atoms with Crippen molar-refractivity contribution in [2.24, 2.45) is 10.7 Å². The molecule has 0 aliphatic rings. The summed E-state index contributed by atoms with van der Waals surface area (Å²) in [6.07, 6.45) is 5.23. The highest BCUT2D eigenvalue weighted by Gasteiger charge is 2.20. The molecule has 0 saturated heterocycles. The summed E-state index contributed by atoms with van der Waals surface area (Å²) < 4.78 is 6.13. The molecule has 9 nitrogen and oxygen atoms in total. The molecule has 39 heavy (non-hydrogen) atoms. The summed E-state index contributed by atoms with van der Waals surface area (Å²) >= 11 is 1.56. The Balaban J connectivity index is 1.72. The predicted molar refractivity (Wildman–Crippen MR) is 164 cm³/mol. The first-order valence-electron chi connectivity index (χ1n) is 13.0. The quantitative estimate of drug-likeness (QED) is 0.103. The lowest BCUT2D eigenvalue weighted by molar-refractivity contribution is 0.153. The van der Waals surface area contributed by atoms with Crippen LogP contribution in [0.15, 0.2) is 53.8 Å². The first kappa shape index (κ1) is 28.5. The van der Waals surface area contributed by atoms with Crippen molar-refractivity contribution in [3.63, 3.8) is 0 Å². The third kappa shape index (κ3) is 7.31. The van der Waals surface area contributed by atoms with E-state index in [1.807, 2.05) is 41.3 Å². The van der Waals surface area contributed by atoms with Crippen LogP contribution in [0.5, 0.6) is 0 Å². The Kier molecular flexibility index (Phi) is 9.15. The highest BCUT2D eigenvalue weighted by atomic mass is 32.1. The van der Waals surface area contributed by atoms with Crippen molar-refractivity contribution >= 4 is 58.9 Å². The summed E-state index contributed by atoms with van der Waals surface area (Å²) in [5.41, 5.74) is 10.7. The summed E-state index contributed by atoms with van der Waals surface area (Å²) in [4.78, 5) is 20.2. The first-order valence-corrected chi connectivity index (χ1v) is 17.5. The van der Waals surface area contributed by atoms with Crippen LogP contribution in [0.1, 0.15) is 36.0 Å². The lowest BCUT2D eigenvalue weighted by Crippen LogP contribution is -2.26. The Hall–Kier alpha value is -3.54. The second-order valence-corrected chi connectivity index (χ2v) is 17.3. The third-order valence-corrected chi connectivity index (χ3v) is 8.92. The minimum atomic E-state index is -1.22. The molecule has 204 valence electrons. The van der Waals surface area contributed by atoms with Crippen molar-refractivity contribution in [3.8, 4) is 0 Å². The number of hydrogen-bond donors (Lipinski definition) is 1. The van der Waals surface area contributed by atoms with Gasteiger partial charge in [0.2, 0.25) is 5.13 Å². The number of pyridine rings is 3. The minimum absolute atomic E-state index is 0.289. The van der Waals surface area contributed by atoms with Gasteiger partial charge in [0.05, 0.1) is 22.4 Å². The van der Waals surface area contributed by atoms with E-state index in [4.69, 9.17) is 15.5 Å². The van der Waals surface area contributed by atoms with E-state index in [0.717, 1.165) is 38.4 Å². The fraction of sp³-hybridized carbons (Fsp3) is 0.357. The lowest BCUT2D eigenvalue weighted by atomic mass is 10.0. The van der Waals surface area contributed by atoms with E-state index in [1.54, 1.807) is 37.0 Å². The maximum absolute atomic E-state index is 6.52. The highest BCUT2D eigenvalue weighted by Crippen LogP contribution is 2.31. The van der Waals surface area contributed by atoms with E-state index in [1.165, 1.54) is 0 Å². The summed E-state index contributed by atoms with van der Waals surface area (Å²) in [7, 11) is 0.497. The van der Waals surface area contributed by atoms with Gasteiger partial charge in [0.25, 0.3) is 0 Å². The van der Waals surface area contributed by atoms with Crippen molar-refractivity contribution in [1.82, 2.24) is 25.1 Å². The maximum Gasteiger partial charge on any atom is 0.215 e. The second-order valence-electron chi connectivity index (χ2n) is 10.7. The largest absolute Gasteiger partial charge is 0.396 e. The Morgan fingerprint density at radius 3 is 2.62 bits per heavy atom. The Morgan fingerprint density at radius 2 is 1.95 bits per heavy atom. The summed E-state index contributed by atoms with van der Waals surface area (Å²) in [5.74, 6) is 1.01. The van der Waals surface area contributed by atoms with Crippen molar-refractivity contribution < 1.29 is 4.74 Å². The zero-order valence-electron chi connectivity index (χ0n) is 23.4. The van der Waals surface area contributed by atoms with Crippen molar-refractivity contribution in [1.29, 1.82) is 0 Å². The fourth-order valence-electron chi connectivity index (χ4n) is 3.70. The van der Waals surface area contributed by atoms with Gasteiger partial charge in [0.15, 0.2) is 0 Å². The summed E-state index contributed by atoms with van der Waals surface area (Å²) in [6, 6.07) is 12.6. The van der Waals surface area contributed by atoms with Gasteiger partial charge < -0.3 is 10.5 Å². The van der Waals surface area contributed by atoms with Crippen LogP contribution < -0.4 is 10.6 Å². The lowest BCUT2D eigenvalue weighted by Gasteiger charge is -2.22. The van der Waals surface area contributed by atoms with E-state index in [9.17, 15) is 0 Å². The molecule has 2 N–H and O–H groups in total. The van der Waals surface area contributed by atoms with E-state index in [0.29, 0.717) is 30.5 Å². The van der Waals surface area contributed by atoms with Crippen LogP contribution in [0.25, 0.3) is 22.3 Å².